The molecule has 3 fully saturated rings. The first-order chi connectivity index (χ1) is 13.3. The molecule has 0 spiro atoms. The third kappa shape index (κ3) is 3.52. The molecule has 3 saturated carbocycles. The van der Waals surface area contributed by atoms with Crippen LogP contribution < -0.4 is 0 Å². The van der Waals surface area contributed by atoms with Crippen LogP contribution in [0.25, 0.3) is 0 Å². The molecular formula is C27H45Cl. The number of hydrogen-bond acceptors (Lipinski definition) is 0. The van der Waals surface area contributed by atoms with Crippen LogP contribution in [0.4, 0.5) is 0 Å². The van der Waals surface area contributed by atoms with Gasteiger partial charge in [0.05, 0.1) is 0 Å². The largest absolute Gasteiger partial charge is 0.123 e. The lowest BCUT2D eigenvalue weighted by Crippen LogP contribution is -2.50. The minimum atomic E-state index is 0.396. The molecule has 0 bridgehead atoms. The molecule has 0 saturated heterocycles. The maximum absolute atomic E-state index is 6.56. The molecule has 160 valence electrons. The predicted molar refractivity (Wildman–Crippen MR) is 123 cm³/mol. The Balaban J connectivity index is 1.49. The van der Waals surface area contributed by atoms with Crippen LogP contribution in [0.15, 0.2) is 11.6 Å². The smallest absolute Gasteiger partial charge is 0.0373 e. The van der Waals surface area contributed by atoms with E-state index in [1.54, 1.807) is 5.57 Å². The zero-order valence-electron chi connectivity index (χ0n) is 19.3. The standard InChI is InChI=1S/C27H45Cl/c1-18(2)7-6-8-19(3)23-11-12-24-22-10-9-20-17-21(28)13-15-26(20,4)25(22)14-16-27(23,24)5/h9,18-19,21-25H,6-8,10-17H2,1-5H3/t19?,21?,22-,23?,24-,25-,26-,27+/m0/s1. The fourth-order valence-corrected chi connectivity index (χ4v) is 8.92. The fourth-order valence-electron chi connectivity index (χ4n) is 8.64. The van der Waals surface area contributed by atoms with Gasteiger partial charge in [0, 0.05) is 5.38 Å². The van der Waals surface area contributed by atoms with E-state index in [-0.39, 0.29) is 0 Å². The molecule has 8 atom stereocenters. The van der Waals surface area contributed by atoms with E-state index in [9.17, 15) is 0 Å². The molecule has 0 amide bonds. The lowest BCUT2D eigenvalue weighted by Gasteiger charge is -2.58. The molecule has 0 aliphatic heterocycles. The van der Waals surface area contributed by atoms with Gasteiger partial charge in [0.1, 0.15) is 0 Å². The van der Waals surface area contributed by atoms with E-state index in [4.69, 9.17) is 11.6 Å². The third-order valence-corrected chi connectivity index (χ3v) is 10.6. The molecule has 4 rings (SSSR count). The van der Waals surface area contributed by atoms with Crippen LogP contribution in [-0.4, -0.2) is 5.38 Å². The Morgan fingerprint density at radius 3 is 2.54 bits per heavy atom. The summed E-state index contributed by atoms with van der Waals surface area (Å²) < 4.78 is 0. The van der Waals surface area contributed by atoms with Gasteiger partial charge in [-0.05, 0) is 97.7 Å². The summed E-state index contributed by atoms with van der Waals surface area (Å²) in [5.41, 5.74) is 2.82. The van der Waals surface area contributed by atoms with Crippen molar-refractivity contribution in [2.24, 2.45) is 46.3 Å². The fraction of sp³-hybridized carbons (Fsp3) is 0.926. The molecule has 4 aliphatic carbocycles. The number of rotatable bonds is 5. The first-order valence-electron chi connectivity index (χ1n) is 12.6. The highest BCUT2D eigenvalue weighted by atomic mass is 35.5. The molecule has 28 heavy (non-hydrogen) atoms. The molecule has 0 aromatic rings. The summed E-state index contributed by atoms with van der Waals surface area (Å²) in [5, 5.41) is 0.396. The van der Waals surface area contributed by atoms with Gasteiger partial charge < -0.3 is 0 Å². The number of alkyl halides is 1. The molecule has 0 heterocycles. The van der Waals surface area contributed by atoms with Gasteiger partial charge in [0.25, 0.3) is 0 Å². The Morgan fingerprint density at radius 1 is 1.00 bits per heavy atom. The van der Waals surface area contributed by atoms with Gasteiger partial charge in [-0.2, -0.15) is 0 Å². The summed E-state index contributed by atoms with van der Waals surface area (Å²) in [7, 11) is 0. The molecular weight excluding hydrogens is 360 g/mol. The summed E-state index contributed by atoms with van der Waals surface area (Å²) in [5.74, 6) is 5.62. The van der Waals surface area contributed by atoms with Crippen LogP contribution in [0, 0.1) is 46.3 Å². The molecule has 0 aromatic carbocycles. The van der Waals surface area contributed by atoms with Crippen LogP contribution >= 0.6 is 11.6 Å². The molecule has 0 nitrogen and oxygen atoms in total. The van der Waals surface area contributed by atoms with Gasteiger partial charge in [-0.1, -0.05) is 65.5 Å². The van der Waals surface area contributed by atoms with Gasteiger partial charge in [-0.3, -0.25) is 0 Å². The molecule has 0 aromatic heterocycles. The van der Waals surface area contributed by atoms with Crippen molar-refractivity contribution in [2.45, 2.75) is 111 Å². The van der Waals surface area contributed by atoms with Crippen LogP contribution in [0.5, 0.6) is 0 Å². The summed E-state index contributed by atoms with van der Waals surface area (Å²) in [6.45, 7) is 12.7. The van der Waals surface area contributed by atoms with E-state index in [0.29, 0.717) is 16.2 Å². The average Bonchev–Trinajstić information content (AvgIpc) is 2.99. The van der Waals surface area contributed by atoms with Crippen molar-refractivity contribution >= 4 is 11.6 Å². The van der Waals surface area contributed by atoms with Crippen molar-refractivity contribution < 1.29 is 0 Å². The predicted octanol–water partition coefficient (Wildman–Crippen LogP) is 8.64. The van der Waals surface area contributed by atoms with Crippen LogP contribution in [0.1, 0.15) is 105 Å². The van der Waals surface area contributed by atoms with E-state index in [1.807, 2.05) is 0 Å². The van der Waals surface area contributed by atoms with Crippen LogP contribution in [-0.2, 0) is 0 Å². The number of allylic oxidation sites excluding steroid dienone is 2. The first-order valence-corrected chi connectivity index (χ1v) is 13.0. The third-order valence-electron chi connectivity index (χ3n) is 10.2. The second-order valence-corrected chi connectivity index (χ2v) is 12.7. The topological polar surface area (TPSA) is 0 Å². The summed E-state index contributed by atoms with van der Waals surface area (Å²) in [6.07, 6.45) is 18.0. The lowest BCUT2D eigenvalue weighted by atomic mass is 9.47. The Hall–Kier alpha value is 0.0300. The SMILES string of the molecule is CC(C)CCCC(C)C1CC[C@H]2[C@@H]3CC=C4CC(Cl)CC[C@]4(C)[C@H]3CC[C@]12C. The second-order valence-electron chi connectivity index (χ2n) is 12.1. The molecule has 4 aliphatic rings. The van der Waals surface area contributed by atoms with Crippen molar-refractivity contribution in [1.82, 2.24) is 0 Å². The Labute approximate surface area is 180 Å². The van der Waals surface area contributed by atoms with E-state index >= 15 is 0 Å². The summed E-state index contributed by atoms with van der Waals surface area (Å²) >= 11 is 6.56. The summed E-state index contributed by atoms with van der Waals surface area (Å²) in [6, 6.07) is 0. The minimum absolute atomic E-state index is 0.396. The Morgan fingerprint density at radius 2 is 1.79 bits per heavy atom. The second kappa shape index (κ2) is 7.94. The maximum Gasteiger partial charge on any atom is 0.0373 e. The number of hydrogen-bond donors (Lipinski definition) is 0. The van der Waals surface area contributed by atoms with Gasteiger partial charge >= 0.3 is 0 Å². The van der Waals surface area contributed by atoms with E-state index in [2.05, 4.69) is 40.7 Å². The van der Waals surface area contributed by atoms with E-state index in [0.717, 1.165) is 35.5 Å². The Kier molecular flexibility index (Phi) is 6.03. The van der Waals surface area contributed by atoms with Crippen molar-refractivity contribution in [1.29, 1.82) is 0 Å². The number of halogens is 1. The van der Waals surface area contributed by atoms with Gasteiger partial charge in [-0.25, -0.2) is 0 Å². The first kappa shape index (κ1) is 21.3. The zero-order chi connectivity index (χ0) is 20.1. The highest BCUT2D eigenvalue weighted by Crippen LogP contribution is 2.67. The normalized spacial score (nSPS) is 46.5. The van der Waals surface area contributed by atoms with Crippen molar-refractivity contribution in [3.8, 4) is 0 Å². The van der Waals surface area contributed by atoms with E-state index in [1.165, 1.54) is 70.6 Å². The highest BCUT2D eigenvalue weighted by molar-refractivity contribution is 6.20. The van der Waals surface area contributed by atoms with E-state index < -0.39 is 0 Å². The van der Waals surface area contributed by atoms with Crippen LogP contribution in [0.2, 0.25) is 0 Å². The van der Waals surface area contributed by atoms with Crippen LogP contribution in [0.3, 0.4) is 0 Å². The molecule has 3 unspecified atom stereocenters. The highest BCUT2D eigenvalue weighted by Gasteiger charge is 2.58. The van der Waals surface area contributed by atoms with Crippen molar-refractivity contribution in [3.63, 3.8) is 0 Å². The Bertz CT molecular complexity index is 591. The zero-order valence-corrected chi connectivity index (χ0v) is 20.0. The molecule has 0 N–H and O–H groups in total. The molecule has 1 heteroatoms. The lowest BCUT2D eigenvalue weighted by molar-refractivity contribution is -0.0498. The minimum Gasteiger partial charge on any atom is -0.123 e. The van der Waals surface area contributed by atoms with Gasteiger partial charge in [0.2, 0.25) is 0 Å². The van der Waals surface area contributed by atoms with Crippen molar-refractivity contribution in [2.75, 3.05) is 0 Å². The van der Waals surface area contributed by atoms with Gasteiger partial charge in [0.15, 0.2) is 0 Å². The average molecular weight is 405 g/mol. The van der Waals surface area contributed by atoms with Gasteiger partial charge in [-0.15, -0.1) is 11.6 Å². The monoisotopic (exact) mass is 404 g/mol. The maximum atomic E-state index is 6.56. The summed E-state index contributed by atoms with van der Waals surface area (Å²) in [4.78, 5) is 0. The quantitative estimate of drug-likeness (QED) is 0.317. The van der Waals surface area contributed by atoms with Crippen molar-refractivity contribution in [3.05, 3.63) is 11.6 Å². The molecule has 0 radical (unpaired) electrons. The number of fused-ring (bicyclic) bond motifs is 5.